The fraction of sp³-hybridized carbons (Fsp3) is 0.462. The molecule has 6 nitrogen and oxygen atoms in total. The highest BCUT2D eigenvalue weighted by Gasteiger charge is 2.27. The van der Waals surface area contributed by atoms with E-state index in [1.54, 1.807) is 24.3 Å². The molecule has 0 bridgehead atoms. The Labute approximate surface area is 118 Å². The molecule has 4 N–H and O–H groups in total. The van der Waals surface area contributed by atoms with Gasteiger partial charge in [0.1, 0.15) is 11.9 Å². The molecule has 1 aromatic carbocycles. The summed E-state index contributed by atoms with van der Waals surface area (Å²) in [5.41, 5.74) is 6.16. The second-order valence-electron chi connectivity index (χ2n) is 4.83. The maximum atomic E-state index is 12.1. The Morgan fingerprint density at radius 1 is 1.45 bits per heavy atom. The van der Waals surface area contributed by atoms with Gasteiger partial charge in [0.15, 0.2) is 0 Å². The van der Waals surface area contributed by atoms with Crippen LogP contribution in [-0.2, 0) is 14.8 Å². The summed E-state index contributed by atoms with van der Waals surface area (Å²) in [7, 11) is -3.55. The maximum Gasteiger partial charge on any atom is 0.215 e. The van der Waals surface area contributed by atoms with Gasteiger partial charge >= 0.3 is 0 Å². The number of amidine groups is 1. The summed E-state index contributed by atoms with van der Waals surface area (Å²) in [6, 6.07) is 8.02. The third-order valence-electron chi connectivity index (χ3n) is 3.17. The van der Waals surface area contributed by atoms with Gasteiger partial charge in [-0.3, -0.25) is 5.41 Å². The van der Waals surface area contributed by atoms with Gasteiger partial charge in [-0.05, 0) is 18.4 Å². The standard InChI is InChI=1S/C13H19N3O3S/c14-13(15)12(10-5-2-1-3-6-10)16-20(17,18)9-11-7-4-8-19-11/h1-3,5-6,11-12,16H,4,7-9H2,(H3,14,15). The topological polar surface area (TPSA) is 105 Å². The highest BCUT2D eigenvalue weighted by molar-refractivity contribution is 7.89. The minimum atomic E-state index is -3.55. The van der Waals surface area contributed by atoms with Crippen LogP contribution in [0.25, 0.3) is 0 Å². The largest absolute Gasteiger partial charge is 0.386 e. The molecule has 1 aliphatic rings. The molecule has 0 aromatic heterocycles. The average Bonchev–Trinajstić information content (AvgIpc) is 2.89. The van der Waals surface area contributed by atoms with Crippen LogP contribution in [0.3, 0.4) is 0 Å². The van der Waals surface area contributed by atoms with E-state index in [1.807, 2.05) is 6.07 Å². The molecule has 0 radical (unpaired) electrons. The minimum absolute atomic E-state index is 0.0936. The monoisotopic (exact) mass is 297 g/mol. The van der Waals surface area contributed by atoms with Crippen molar-refractivity contribution in [1.82, 2.24) is 4.72 Å². The normalized spacial score (nSPS) is 20.7. The quantitative estimate of drug-likeness (QED) is 0.532. The molecule has 1 saturated heterocycles. The zero-order valence-corrected chi connectivity index (χ0v) is 11.9. The Bertz CT molecular complexity index is 553. The zero-order chi connectivity index (χ0) is 14.6. The Hall–Kier alpha value is -1.44. The van der Waals surface area contributed by atoms with E-state index in [9.17, 15) is 8.42 Å². The van der Waals surface area contributed by atoms with Crippen molar-refractivity contribution in [2.75, 3.05) is 12.4 Å². The van der Waals surface area contributed by atoms with Crippen LogP contribution < -0.4 is 10.5 Å². The molecule has 20 heavy (non-hydrogen) atoms. The van der Waals surface area contributed by atoms with Crippen molar-refractivity contribution in [3.05, 3.63) is 35.9 Å². The van der Waals surface area contributed by atoms with E-state index < -0.39 is 16.1 Å². The molecular formula is C13H19N3O3S. The van der Waals surface area contributed by atoms with Crippen molar-refractivity contribution < 1.29 is 13.2 Å². The summed E-state index contributed by atoms with van der Waals surface area (Å²) in [6.45, 7) is 0.606. The van der Waals surface area contributed by atoms with Crippen LogP contribution in [0.4, 0.5) is 0 Å². The summed E-state index contributed by atoms with van der Waals surface area (Å²) in [5.74, 6) is -0.323. The van der Waals surface area contributed by atoms with Crippen LogP contribution >= 0.6 is 0 Å². The molecule has 1 aromatic rings. The third kappa shape index (κ3) is 4.03. The zero-order valence-electron chi connectivity index (χ0n) is 11.1. The molecule has 2 unspecified atom stereocenters. The predicted molar refractivity (Wildman–Crippen MR) is 77.0 cm³/mol. The van der Waals surface area contributed by atoms with Crippen molar-refractivity contribution in [1.29, 1.82) is 5.41 Å². The molecule has 2 atom stereocenters. The number of nitrogens with one attached hydrogen (secondary N) is 2. The predicted octanol–water partition coefficient (Wildman–Crippen LogP) is 0.762. The Kier molecular flexibility index (Phi) is 4.74. The Morgan fingerprint density at radius 3 is 2.70 bits per heavy atom. The van der Waals surface area contributed by atoms with Crippen LogP contribution in [-0.4, -0.2) is 32.7 Å². The van der Waals surface area contributed by atoms with Crippen LogP contribution in [0.2, 0.25) is 0 Å². The molecule has 1 fully saturated rings. The van der Waals surface area contributed by atoms with Gasteiger partial charge in [-0.15, -0.1) is 0 Å². The van der Waals surface area contributed by atoms with Crippen molar-refractivity contribution in [3.63, 3.8) is 0 Å². The fourth-order valence-corrected chi connectivity index (χ4v) is 3.68. The van der Waals surface area contributed by atoms with Crippen molar-refractivity contribution in [2.45, 2.75) is 25.0 Å². The molecule has 110 valence electrons. The van der Waals surface area contributed by atoms with Crippen LogP contribution in [0, 0.1) is 5.41 Å². The van der Waals surface area contributed by atoms with E-state index in [2.05, 4.69) is 4.72 Å². The number of sulfonamides is 1. The SMILES string of the molecule is N=C(N)C(NS(=O)(=O)CC1CCCO1)c1ccccc1. The molecule has 0 saturated carbocycles. The van der Waals surface area contributed by atoms with E-state index in [1.165, 1.54) is 0 Å². The van der Waals surface area contributed by atoms with Gasteiger partial charge in [-0.1, -0.05) is 30.3 Å². The Morgan fingerprint density at radius 2 is 2.15 bits per heavy atom. The smallest absolute Gasteiger partial charge is 0.215 e. The first kappa shape index (κ1) is 15.0. The van der Waals surface area contributed by atoms with E-state index in [4.69, 9.17) is 15.9 Å². The van der Waals surface area contributed by atoms with Gasteiger partial charge in [-0.2, -0.15) is 0 Å². The van der Waals surface area contributed by atoms with Gasteiger partial charge in [0, 0.05) is 6.61 Å². The fourth-order valence-electron chi connectivity index (χ4n) is 2.20. The van der Waals surface area contributed by atoms with Crippen LogP contribution in [0.1, 0.15) is 24.4 Å². The lowest BCUT2D eigenvalue weighted by Gasteiger charge is -2.19. The lowest BCUT2D eigenvalue weighted by Crippen LogP contribution is -2.40. The van der Waals surface area contributed by atoms with E-state index in [0.29, 0.717) is 12.2 Å². The van der Waals surface area contributed by atoms with Crippen LogP contribution in [0.5, 0.6) is 0 Å². The summed E-state index contributed by atoms with van der Waals surface area (Å²) in [4.78, 5) is 0. The highest BCUT2D eigenvalue weighted by atomic mass is 32.2. The highest BCUT2D eigenvalue weighted by Crippen LogP contribution is 2.17. The first-order chi connectivity index (χ1) is 9.48. The lowest BCUT2D eigenvalue weighted by atomic mass is 10.1. The first-order valence-corrected chi connectivity index (χ1v) is 8.13. The summed E-state index contributed by atoms with van der Waals surface area (Å²) in [6.07, 6.45) is 1.36. The van der Waals surface area contributed by atoms with Gasteiger partial charge in [0.05, 0.1) is 11.9 Å². The molecule has 0 amide bonds. The van der Waals surface area contributed by atoms with Gasteiger partial charge in [0.2, 0.25) is 10.0 Å². The lowest BCUT2D eigenvalue weighted by molar-refractivity contribution is 0.127. The van der Waals surface area contributed by atoms with E-state index in [-0.39, 0.29) is 17.7 Å². The van der Waals surface area contributed by atoms with E-state index >= 15 is 0 Å². The molecule has 0 aliphatic carbocycles. The number of ether oxygens (including phenoxy) is 1. The molecule has 0 spiro atoms. The summed E-state index contributed by atoms with van der Waals surface area (Å²) in [5, 5.41) is 7.57. The maximum absolute atomic E-state index is 12.1. The van der Waals surface area contributed by atoms with Crippen molar-refractivity contribution in [3.8, 4) is 0 Å². The van der Waals surface area contributed by atoms with Crippen molar-refractivity contribution >= 4 is 15.9 Å². The second-order valence-corrected chi connectivity index (χ2v) is 6.63. The number of rotatable bonds is 6. The minimum Gasteiger partial charge on any atom is -0.386 e. The molecule has 1 heterocycles. The van der Waals surface area contributed by atoms with Crippen molar-refractivity contribution in [2.24, 2.45) is 5.73 Å². The number of benzene rings is 1. The average molecular weight is 297 g/mol. The first-order valence-electron chi connectivity index (χ1n) is 6.48. The number of hydrogen-bond donors (Lipinski definition) is 3. The second kappa shape index (κ2) is 6.34. The van der Waals surface area contributed by atoms with Crippen LogP contribution in [0.15, 0.2) is 30.3 Å². The summed E-state index contributed by atoms with van der Waals surface area (Å²) < 4.78 is 32.1. The third-order valence-corrected chi connectivity index (χ3v) is 4.58. The van der Waals surface area contributed by atoms with E-state index in [0.717, 1.165) is 12.8 Å². The molecule has 7 heteroatoms. The number of hydrogen-bond acceptors (Lipinski definition) is 4. The summed E-state index contributed by atoms with van der Waals surface area (Å²) >= 11 is 0. The van der Waals surface area contributed by atoms with Gasteiger partial charge in [0.25, 0.3) is 0 Å². The number of nitrogens with two attached hydrogens (primary N) is 1. The molecular weight excluding hydrogens is 278 g/mol. The molecule has 1 aliphatic heterocycles. The Balaban J connectivity index is 2.09. The van der Waals surface area contributed by atoms with Gasteiger partial charge in [-0.25, -0.2) is 13.1 Å². The molecule has 2 rings (SSSR count). The van der Waals surface area contributed by atoms with Gasteiger partial charge < -0.3 is 10.5 Å².